The minimum Gasteiger partial charge on any atom is -0.390 e. The fraction of sp³-hybridized carbons (Fsp3) is 1.00. The molecule has 2 rings (SSSR count). The number of hydrogen-bond acceptors (Lipinski definition) is 4. The molecule has 0 aromatic carbocycles. The zero-order valence-corrected chi connectivity index (χ0v) is 9.90. The molecule has 0 spiro atoms. The maximum atomic E-state index is 9.74. The monoisotopic (exact) mass is 218 g/mol. The molecule has 4 unspecified atom stereocenters. The van der Waals surface area contributed by atoms with Crippen molar-refractivity contribution in [2.45, 2.75) is 51.0 Å². The van der Waals surface area contributed by atoms with E-state index >= 15 is 0 Å². The van der Waals surface area contributed by atoms with Gasteiger partial charge in [-0.1, -0.05) is 13.8 Å². The second-order valence-corrected chi connectivity index (χ2v) is 7.56. The van der Waals surface area contributed by atoms with Gasteiger partial charge in [0, 0.05) is 12.0 Å². The third-order valence-electron chi connectivity index (χ3n) is 2.90. The summed E-state index contributed by atoms with van der Waals surface area (Å²) in [6.07, 6.45) is 0.0678. The van der Waals surface area contributed by atoms with Crippen molar-refractivity contribution < 1.29 is 18.4 Å². The van der Waals surface area contributed by atoms with E-state index in [1.165, 1.54) is 0 Å². The first-order valence-electron chi connectivity index (χ1n) is 5.21. The summed E-state index contributed by atoms with van der Waals surface area (Å²) in [6.45, 7) is 6.57. The van der Waals surface area contributed by atoms with E-state index in [0.717, 1.165) is 0 Å². The molecule has 0 saturated carbocycles. The van der Waals surface area contributed by atoms with E-state index < -0.39 is 14.9 Å². The van der Waals surface area contributed by atoms with Crippen molar-refractivity contribution >= 4 is 8.80 Å². The van der Waals surface area contributed by atoms with Crippen molar-refractivity contribution in [1.82, 2.24) is 0 Å². The fourth-order valence-corrected chi connectivity index (χ4v) is 4.72. The Kier molecular flexibility index (Phi) is 2.70. The largest absolute Gasteiger partial charge is 0.504 e. The quantitative estimate of drug-likeness (QED) is 0.665. The molecule has 4 nitrogen and oxygen atoms in total. The van der Waals surface area contributed by atoms with Crippen LogP contribution < -0.4 is 0 Å². The van der Waals surface area contributed by atoms with Gasteiger partial charge in [-0.25, -0.2) is 0 Å². The Morgan fingerprint density at radius 1 is 1.36 bits per heavy atom. The summed E-state index contributed by atoms with van der Waals surface area (Å²) in [4.78, 5) is 0. The Morgan fingerprint density at radius 2 is 2.07 bits per heavy atom. The van der Waals surface area contributed by atoms with Gasteiger partial charge in [-0.15, -0.1) is 0 Å². The maximum absolute atomic E-state index is 9.74. The molecular weight excluding hydrogens is 200 g/mol. The predicted molar refractivity (Wildman–Crippen MR) is 52.8 cm³/mol. The Morgan fingerprint density at radius 3 is 2.71 bits per heavy atom. The van der Waals surface area contributed by atoms with Gasteiger partial charge in [-0.3, -0.25) is 0 Å². The molecule has 5 heteroatoms. The van der Waals surface area contributed by atoms with Crippen LogP contribution in [0.3, 0.4) is 0 Å². The van der Waals surface area contributed by atoms with Gasteiger partial charge in [0.15, 0.2) is 0 Å². The lowest BCUT2D eigenvalue weighted by Gasteiger charge is -2.29. The van der Waals surface area contributed by atoms with Crippen LogP contribution in [0, 0.1) is 0 Å². The highest BCUT2D eigenvalue weighted by Gasteiger charge is 2.55. The van der Waals surface area contributed by atoms with Crippen LogP contribution >= 0.6 is 0 Å². The fourth-order valence-electron chi connectivity index (χ4n) is 1.92. The number of aliphatic hydroxyl groups is 1. The van der Waals surface area contributed by atoms with Gasteiger partial charge in [-0.2, -0.15) is 0 Å². The van der Waals surface area contributed by atoms with Crippen molar-refractivity contribution in [3.63, 3.8) is 0 Å². The SMILES string of the molecule is CC1O[Si]2(C(C)C)OCC(CC1O)O2. The first-order valence-corrected chi connectivity index (χ1v) is 7.01. The summed E-state index contributed by atoms with van der Waals surface area (Å²) in [5.74, 6) is 0. The first kappa shape index (κ1) is 10.6. The molecular formula is C9H18O4Si. The second-order valence-electron chi connectivity index (χ2n) is 4.44. The van der Waals surface area contributed by atoms with Crippen LogP contribution in [-0.4, -0.2) is 38.8 Å². The maximum Gasteiger partial charge on any atom is 0.504 e. The minimum absolute atomic E-state index is 0.0315. The van der Waals surface area contributed by atoms with Crippen LogP contribution in [-0.2, 0) is 13.3 Å². The van der Waals surface area contributed by atoms with Crippen LogP contribution in [0.5, 0.6) is 0 Å². The highest BCUT2D eigenvalue weighted by atomic mass is 28.4. The minimum atomic E-state index is -2.48. The van der Waals surface area contributed by atoms with E-state index in [2.05, 4.69) is 13.8 Å². The molecule has 82 valence electrons. The average Bonchev–Trinajstić information content (AvgIpc) is 2.43. The molecule has 2 fully saturated rings. The summed E-state index contributed by atoms with van der Waals surface area (Å²) in [7, 11) is -2.48. The first-order chi connectivity index (χ1) is 6.53. The van der Waals surface area contributed by atoms with E-state index in [1.54, 1.807) is 0 Å². The van der Waals surface area contributed by atoms with Crippen molar-refractivity contribution in [1.29, 1.82) is 0 Å². The zero-order chi connectivity index (χ0) is 10.3. The lowest BCUT2D eigenvalue weighted by molar-refractivity contribution is 0.00800. The molecule has 4 atom stereocenters. The van der Waals surface area contributed by atoms with Gasteiger partial charge < -0.3 is 18.4 Å². The molecule has 2 aliphatic heterocycles. The highest BCUT2D eigenvalue weighted by Crippen LogP contribution is 2.37. The Labute approximate surface area is 85.5 Å². The van der Waals surface area contributed by atoms with Crippen LogP contribution in [0.1, 0.15) is 27.2 Å². The van der Waals surface area contributed by atoms with Crippen molar-refractivity contribution in [2.75, 3.05) is 6.61 Å². The van der Waals surface area contributed by atoms with Gasteiger partial charge in [0.05, 0.1) is 24.9 Å². The van der Waals surface area contributed by atoms with E-state index in [-0.39, 0.29) is 17.7 Å². The summed E-state index contributed by atoms with van der Waals surface area (Å²) in [5.41, 5.74) is 0.264. The predicted octanol–water partition coefficient (Wildman–Crippen LogP) is 0.920. The molecule has 2 bridgehead atoms. The summed E-state index contributed by atoms with van der Waals surface area (Å²) >= 11 is 0. The molecule has 0 aromatic heterocycles. The second kappa shape index (κ2) is 3.57. The molecule has 0 aromatic rings. The van der Waals surface area contributed by atoms with Crippen LogP contribution in [0.15, 0.2) is 0 Å². The smallest absolute Gasteiger partial charge is 0.390 e. The Balaban J connectivity index is 2.19. The van der Waals surface area contributed by atoms with Crippen LogP contribution in [0.25, 0.3) is 0 Å². The van der Waals surface area contributed by atoms with Gasteiger partial charge >= 0.3 is 8.80 Å². The standard InChI is InChI=1S/C9H18O4Si/c1-6(2)14-11-5-8(13-14)4-9(10)7(3)12-14/h6-10H,4-5H2,1-3H3. The molecule has 0 amide bonds. The lowest BCUT2D eigenvalue weighted by atomic mass is 10.1. The third kappa shape index (κ3) is 1.63. The van der Waals surface area contributed by atoms with Crippen molar-refractivity contribution in [2.24, 2.45) is 0 Å². The normalized spacial score (nSPS) is 48.2. The topological polar surface area (TPSA) is 47.9 Å². The number of hydrogen-bond donors (Lipinski definition) is 1. The van der Waals surface area contributed by atoms with Gasteiger partial charge in [0.1, 0.15) is 0 Å². The van der Waals surface area contributed by atoms with E-state index in [0.29, 0.717) is 13.0 Å². The molecule has 0 aliphatic carbocycles. The van der Waals surface area contributed by atoms with E-state index in [9.17, 15) is 5.11 Å². The summed E-state index contributed by atoms with van der Waals surface area (Å²) in [5, 5.41) is 9.74. The number of fused-ring (bicyclic) bond motifs is 2. The molecule has 2 heterocycles. The highest BCUT2D eigenvalue weighted by molar-refractivity contribution is 6.62. The zero-order valence-electron chi connectivity index (χ0n) is 8.90. The van der Waals surface area contributed by atoms with Gasteiger partial charge in [0.2, 0.25) is 0 Å². The molecule has 2 saturated heterocycles. The average molecular weight is 218 g/mol. The van der Waals surface area contributed by atoms with E-state index in [1.807, 2.05) is 6.92 Å². The Hall–Kier alpha value is 0.0569. The molecule has 2 aliphatic rings. The van der Waals surface area contributed by atoms with Crippen LogP contribution in [0.4, 0.5) is 0 Å². The summed E-state index contributed by atoms with van der Waals surface area (Å²) < 4.78 is 17.4. The van der Waals surface area contributed by atoms with Crippen molar-refractivity contribution in [3.05, 3.63) is 0 Å². The molecule has 14 heavy (non-hydrogen) atoms. The van der Waals surface area contributed by atoms with Gasteiger partial charge in [-0.05, 0) is 6.92 Å². The molecule has 1 N–H and O–H groups in total. The third-order valence-corrected chi connectivity index (χ3v) is 6.25. The number of aliphatic hydroxyl groups excluding tert-OH is 1. The molecule has 0 radical (unpaired) electrons. The van der Waals surface area contributed by atoms with Crippen molar-refractivity contribution in [3.8, 4) is 0 Å². The number of rotatable bonds is 1. The summed E-state index contributed by atoms with van der Waals surface area (Å²) in [6, 6.07) is 0. The van der Waals surface area contributed by atoms with E-state index in [4.69, 9.17) is 13.3 Å². The van der Waals surface area contributed by atoms with Gasteiger partial charge in [0.25, 0.3) is 0 Å². The Bertz CT molecular complexity index is 223. The van der Waals surface area contributed by atoms with Crippen LogP contribution in [0.2, 0.25) is 5.54 Å². The lowest BCUT2D eigenvalue weighted by Crippen LogP contribution is -2.47.